The van der Waals surface area contributed by atoms with Gasteiger partial charge in [-0.3, -0.25) is 0 Å². The van der Waals surface area contributed by atoms with Crippen molar-refractivity contribution >= 4 is 46.2 Å². The van der Waals surface area contributed by atoms with Crippen molar-refractivity contribution in [2.75, 3.05) is 11.9 Å². The fraction of sp³-hybridized carbons (Fsp3) is 0.0455. The van der Waals surface area contributed by atoms with Gasteiger partial charge in [0.2, 0.25) is 0 Å². The minimum Gasteiger partial charge on any atom is -0.478 e. The topological polar surface area (TPSA) is 45.0 Å². The zero-order valence-corrected chi connectivity index (χ0v) is 16.4. The quantitative estimate of drug-likeness (QED) is 0.424. The van der Waals surface area contributed by atoms with Crippen LogP contribution in [0.4, 0.5) is 11.5 Å². The maximum atomic E-state index is 11.1. The van der Waals surface area contributed by atoms with Gasteiger partial charge < -0.3 is 14.4 Å². The maximum absolute atomic E-state index is 11.1. The molecule has 0 bridgehead atoms. The summed E-state index contributed by atoms with van der Waals surface area (Å²) >= 11 is 12.8. The average Bonchev–Trinajstić information content (AvgIpc) is 3.07. The van der Waals surface area contributed by atoms with Crippen molar-refractivity contribution in [3.63, 3.8) is 0 Å². The fourth-order valence-corrected chi connectivity index (χ4v) is 3.99. The van der Waals surface area contributed by atoms with Crippen molar-refractivity contribution in [1.29, 1.82) is 0 Å². The van der Waals surface area contributed by atoms with Crippen LogP contribution in [-0.2, 0) is 0 Å². The van der Waals surface area contributed by atoms with Gasteiger partial charge in [-0.05, 0) is 48.0 Å². The number of aromatic nitrogens is 1. The number of fused-ring (bicyclic) bond motifs is 1. The highest BCUT2D eigenvalue weighted by Gasteiger charge is 2.18. The van der Waals surface area contributed by atoms with Gasteiger partial charge in [0.05, 0.1) is 26.8 Å². The predicted molar refractivity (Wildman–Crippen MR) is 114 cm³/mol. The van der Waals surface area contributed by atoms with Crippen molar-refractivity contribution in [1.82, 2.24) is 4.40 Å². The Morgan fingerprint density at radius 1 is 0.964 bits per heavy atom. The number of pyridine rings is 1. The second kappa shape index (κ2) is 7.23. The first-order valence-electron chi connectivity index (χ1n) is 8.59. The molecule has 2 aromatic carbocycles. The van der Waals surface area contributed by atoms with Crippen LogP contribution in [0.15, 0.2) is 72.9 Å². The molecule has 1 N–H and O–H groups in total. The first-order chi connectivity index (χ1) is 13.5. The Morgan fingerprint density at radius 2 is 1.64 bits per heavy atom. The molecule has 2 aromatic heterocycles. The van der Waals surface area contributed by atoms with E-state index in [9.17, 15) is 4.79 Å². The van der Waals surface area contributed by atoms with Crippen molar-refractivity contribution in [2.45, 2.75) is 0 Å². The highest BCUT2D eigenvalue weighted by molar-refractivity contribution is 6.39. The van der Waals surface area contributed by atoms with Gasteiger partial charge in [0.25, 0.3) is 0 Å². The standard InChI is InChI=1S/C22H16Cl2N2O2/c1-25(21-17(23)5-4-6-18(21)24)20-13-16(19-7-2-3-12-26(19)20)14-8-10-15(11-9-14)22(27)28/h2-13H,1H3,(H,27,28). The Balaban J connectivity index is 1.88. The molecule has 4 rings (SSSR count). The highest BCUT2D eigenvalue weighted by Crippen LogP contribution is 2.40. The molecule has 4 aromatic rings. The largest absolute Gasteiger partial charge is 0.478 e. The molecule has 0 spiro atoms. The lowest BCUT2D eigenvalue weighted by Crippen LogP contribution is -2.12. The number of halogens is 2. The number of hydrogen-bond donors (Lipinski definition) is 1. The van der Waals surface area contributed by atoms with Crippen LogP contribution >= 0.6 is 23.2 Å². The molecule has 0 saturated heterocycles. The molecule has 6 heteroatoms. The Kier molecular flexibility index (Phi) is 4.75. The summed E-state index contributed by atoms with van der Waals surface area (Å²) in [6.45, 7) is 0. The van der Waals surface area contributed by atoms with Gasteiger partial charge >= 0.3 is 5.97 Å². The van der Waals surface area contributed by atoms with Gasteiger partial charge in [0, 0.05) is 18.8 Å². The highest BCUT2D eigenvalue weighted by atomic mass is 35.5. The number of nitrogens with zero attached hydrogens (tertiary/aromatic N) is 2. The Labute approximate surface area is 172 Å². The number of carboxylic acids is 1. The molecule has 2 heterocycles. The molecule has 0 atom stereocenters. The molecule has 0 fully saturated rings. The predicted octanol–water partition coefficient (Wildman–Crippen LogP) is 6.38. The second-order valence-electron chi connectivity index (χ2n) is 6.38. The molecule has 0 radical (unpaired) electrons. The first kappa shape index (κ1) is 18.4. The second-order valence-corrected chi connectivity index (χ2v) is 7.20. The number of benzene rings is 2. The third-order valence-corrected chi connectivity index (χ3v) is 5.33. The summed E-state index contributed by atoms with van der Waals surface area (Å²) < 4.78 is 2.06. The van der Waals surface area contributed by atoms with Crippen LogP contribution in [0.3, 0.4) is 0 Å². The number of carboxylic acid groups (broad SMARTS) is 1. The average molecular weight is 411 g/mol. The lowest BCUT2D eigenvalue weighted by Gasteiger charge is -2.21. The number of hydrogen-bond acceptors (Lipinski definition) is 2. The van der Waals surface area contributed by atoms with Crippen molar-refractivity contribution in [3.8, 4) is 11.1 Å². The molecule has 0 aliphatic rings. The van der Waals surface area contributed by atoms with Crippen LogP contribution in [0.1, 0.15) is 10.4 Å². The Bertz CT molecular complexity index is 1160. The molecule has 0 aliphatic carbocycles. The number of rotatable bonds is 4. The lowest BCUT2D eigenvalue weighted by atomic mass is 10.0. The zero-order chi connectivity index (χ0) is 19.8. The summed E-state index contributed by atoms with van der Waals surface area (Å²) in [4.78, 5) is 13.1. The lowest BCUT2D eigenvalue weighted by molar-refractivity contribution is 0.0697. The van der Waals surface area contributed by atoms with Crippen LogP contribution in [0, 0.1) is 0 Å². The summed E-state index contributed by atoms with van der Waals surface area (Å²) in [6.07, 6.45) is 1.97. The summed E-state index contributed by atoms with van der Waals surface area (Å²) in [5.41, 5.74) is 3.89. The summed E-state index contributed by atoms with van der Waals surface area (Å²) in [5, 5.41) is 10.3. The monoisotopic (exact) mass is 410 g/mol. The Hall–Kier alpha value is -2.95. The van der Waals surface area contributed by atoms with Gasteiger partial charge in [-0.25, -0.2) is 4.79 Å². The van der Waals surface area contributed by atoms with E-state index in [-0.39, 0.29) is 5.56 Å². The van der Waals surface area contributed by atoms with Crippen molar-refractivity contribution in [3.05, 3.63) is 88.5 Å². The van der Waals surface area contributed by atoms with Crippen LogP contribution < -0.4 is 4.90 Å². The van der Waals surface area contributed by atoms with Gasteiger partial charge in [0.1, 0.15) is 5.82 Å². The zero-order valence-electron chi connectivity index (χ0n) is 14.9. The number of anilines is 2. The van der Waals surface area contributed by atoms with Crippen LogP contribution in [0.25, 0.3) is 16.6 Å². The number of aromatic carboxylic acids is 1. The van der Waals surface area contributed by atoms with E-state index < -0.39 is 5.97 Å². The van der Waals surface area contributed by atoms with E-state index in [1.165, 1.54) is 0 Å². The third-order valence-electron chi connectivity index (χ3n) is 4.72. The van der Waals surface area contributed by atoms with E-state index in [2.05, 4.69) is 4.40 Å². The molecular weight excluding hydrogens is 395 g/mol. The maximum Gasteiger partial charge on any atom is 0.335 e. The minimum atomic E-state index is -0.943. The number of para-hydroxylation sites is 1. The minimum absolute atomic E-state index is 0.257. The molecule has 140 valence electrons. The van der Waals surface area contributed by atoms with Crippen LogP contribution in [0.2, 0.25) is 10.0 Å². The summed E-state index contributed by atoms with van der Waals surface area (Å²) in [6, 6.07) is 20.3. The smallest absolute Gasteiger partial charge is 0.335 e. The third kappa shape index (κ3) is 3.11. The first-order valence-corrected chi connectivity index (χ1v) is 9.34. The van der Waals surface area contributed by atoms with Gasteiger partial charge in [-0.1, -0.05) is 47.5 Å². The molecule has 0 saturated carbocycles. The molecule has 0 amide bonds. The summed E-state index contributed by atoms with van der Waals surface area (Å²) in [5.74, 6) is -0.0509. The van der Waals surface area contributed by atoms with E-state index in [0.29, 0.717) is 10.0 Å². The molecule has 0 unspecified atom stereocenters. The van der Waals surface area contributed by atoms with E-state index in [1.54, 1.807) is 24.3 Å². The van der Waals surface area contributed by atoms with Crippen LogP contribution in [0.5, 0.6) is 0 Å². The fourth-order valence-electron chi connectivity index (χ4n) is 3.34. The van der Waals surface area contributed by atoms with E-state index >= 15 is 0 Å². The van der Waals surface area contributed by atoms with Gasteiger partial charge in [0.15, 0.2) is 0 Å². The number of carbonyl (C=O) groups is 1. The van der Waals surface area contributed by atoms with E-state index in [0.717, 1.165) is 28.1 Å². The van der Waals surface area contributed by atoms with Gasteiger partial charge in [-0.15, -0.1) is 0 Å². The van der Waals surface area contributed by atoms with Crippen LogP contribution in [-0.4, -0.2) is 22.5 Å². The van der Waals surface area contributed by atoms with E-state index in [4.69, 9.17) is 28.3 Å². The normalized spacial score (nSPS) is 11.0. The Morgan fingerprint density at radius 3 is 2.29 bits per heavy atom. The molecule has 4 nitrogen and oxygen atoms in total. The molecular formula is C22H16Cl2N2O2. The summed E-state index contributed by atoms with van der Waals surface area (Å²) in [7, 11) is 1.92. The van der Waals surface area contributed by atoms with E-state index in [1.807, 2.05) is 60.6 Å². The SMILES string of the molecule is CN(c1c(Cl)cccc1Cl)c1cc(-c2ccc(C(=O)O)cc2)c2ccccn12. The molecule has 0 aliphatic heterocycles. The molecule has 28 heavy (non-hydrogen) atoms. The van der Waals surface area contributed by atoms with Crippen molar-refractivity contribution < 1.29 is 9.90 Å². The van der Waals surface area contributed by atoms with Crippen molar-refractivity contribution in [2.24, 2.45) is 0 Å². The van der Waals surface area contributed by atoms with Gasteiger partial charge in [-0.2, -0.15) is 0 Å².